The van der Waals surface area contributed by atoms with E-state index in [0.717, 1.165) is 0 Å². The summed E-state index contributed by atoms with van der Waals surface area (Å²) in [6.45, 7) is 5.74. The highest BCUT2D eigenvalue weighted by atomic mass is 15.1. The average Bonchev–Trinajstić information content (AvgIpc) is 2.87. The van der Waals surface area contributed by atoms with Crippen molar-refractivity contribution in [2.45, 2.75) is 104 Å². The Morgan fingerprint density at radius 3 is 1.91 bits per heavy atom. The van der Waals surface area contributed by atoms with E-state index < -0.39 is 0 Å². The highest BCUT2D eigenvalue weighted by molar-refractivity contribution is 4.82. The molecule has 0 fully saturated rings. The molecule has 0 saturated heterocycles. The second-order valence-corrected chi connectivity index (χ2v) is 6.80. The fraction of sp³-hybridized carbons (Fsp3) is 0.850. The molecule has 0 aliphatic heterocycles. The van der Waals surface area contributed by atoms with E-state index in [4.69, 9.17) is 0 Å². The molecule has 0 unspecified atom stereocenters. The van der Waals surface area contributed by atoms with Crippen molar-refractivity contribution in [2.24, 2.45) is 7.05 Å². The maximum absolute atomic E-state index is 2.46. The van der Waals surface area contributed by atoms with Gasteiger partial charge in [-0.3, -0.25) is 0 Å². The Bertz CT molecular complexity index is 368. The molecule has 0 aliphatic carbocycles. The van der Waals surface area contributed by atoms with Crippen molar-refractivity contribution in [1.82, 2.24) is 4.57 Å². The Morgan fingerprint density at radius 1 is 0.773 bits per heavy atom. The predicted octanol–water partition coefficient (Wildman–Crippen LogP) is 5.58. The van der Waals surface area contributed by atoms with E-state index >= 15 is 0 Å². The highest BCUT2D eigenvalue weighted by Gasteiger charge is 2.13. The molecule has 1 aromatic heterocycles. The summed E-state index contributed by atoms with van der Waals surface area (Å²) >= 11 is 0. The lowest BCUT2D eigenvalue weighted by atomic mass is 10.1. The normalized spacial score (nSPS) is 11.2. The fourth-order valence-electron chi connectivity index (χ4n) is 3.18. The number of unbranched alkanes of at least 4 members (excludes halogenated alkanes) is 10. The van der Waals surface area contributed by atoms with Gasteiger partial charge in [-0.1, -0.05) is 78.1 Å². The van der Waals surface area contributed by atoms with E-state index in [2.05, 4.69) is 42.4 Å². The van der Waals surface area contributed by atoms with Gasteiger partial charge in [0, 0.05) is 6.42 Å². The minimum Gasteiger partial charge on any atom is -0.237 e. The topological polar surface area (TPSA) is 8.81 Å². The lowest BCUT2D eigenvalue weighted by Gasteiger charge is -2.04. The summed E-state index contributed by atoms with van der Waals surface area (Å²) in [4.78, 5) is 0. The van der Waals surface area contributed by atoms with Crippen molar-refractivity contribution >= 4 is 0 Å². The van der Waals surface area contributed by atoms with Crippen LogP contribution in [0.25, 0.3) is 0 Å². The van der Waals surface area contributed by atoms with E-state index in [9.17, 15) is 0 Å². The predicted molar refractivity (Wildman–Crippen MR) is 96.1 cm³/mol. The Morgan fingerprint density at radius 2 is 1.32 bits per heavy atom. The summed E-state index contributed by atoms with van der Waals surface area (Å²) in [5.41, 5.74) is 0. The third kappa shape index (κ3) is 8.00. The molecule has 0 atom stereocenters. The van der Waals surface area contributed by atoms with Gasteiger partial charge in [0.2, 0.25) is 0 Å². The van der Waals surface area contributed by atoms with Crippen LogP contribution in [0.3, 0.4) is 0 Å². The zero-order chi connectivity index (χ0) is 16.0. The van der Waals surface area contributed by atoms with Gasteiger partial charge in [-0.25, -0.2) is 9.13 Å². The van der Waals surface area contributed by atoms with Gasteiger partial charge in [0.25, 0.3) is 5.82 Å². The zero-order valence-electron chi connectivity index (χ0n) is 15.4. The maximum atomic E-state index is 2.46. The molecule has 1 heterocycles. The molecule has 2 heteroatoms. The van der Waals surface area contributed by atoms with Gasteiger partial charge in [-0.2, -0.15) is 0 Å². The summed E-state index contributed by atoms with van der Waals surface area (Å²) in [5.74, 6) is 1.51. The summed E-state index contributed by atoms with van der Waals surface area (Å²) < 4.78 is 4.76. The molecule has 0 aliphatic rings. The van der Waals surface area contributed by atoms with Crippen molar-refractivity contribution in [3.8, 4) is 0 Å². The molecule has 0 bridgehead atoms. The number of aromatic nitrogens is 2. The van der Waals surface area contributed by atoms with Crippen LogP contribution in [0.15, 0.2) is 12.4 Å². The van der Waals surface area contributed by atoms with Crippen LogP contribution in [0.1, 0.15) is 96.7 Å². The number of imidazole rings is 1. The first-order valence-corrected chi connectivity index (χ1v) is 9.83. The fourth-order valence-corrected chi connectivity index (χ4v) is 3.18. The van der Waals surface area contributed by atoms with Crippen molar-refractivity contribution in [1.29, 1.82) is 0 Å². The van der Waals surface area contributed by atoms with Crippen LogP contribution in [0.2, 0.25) is 0 Å². The molecule has 0 saturated carbocycles. The molecule has 0 N–H and O–H groups in total. The SMILES string of the molecule is CCCCCCCCCCCCc1n(C)cc[n+]1CCCC. The Balaban J connectivity index is 2.06. The molecule has 0 radical (unpaired) electrons. The van der Waals surface area contributed by atoms with Crippen LogP contribution in [-0.2, 0) is 20.0 Å². The second-order valence-electron chi connectivity index (χ2n) is 6.80. The lowest BCUT2D eigenvalue weighted by Crippen LogP contribution is -2.37. The van der Waals surface area contributed by atoms with Gasteiger partial charge in [0.05, 0.1) is 13.6 Å². The highest BCUT2D eigenvalue weighted by Crippen LogP contribution is 2.11. The number of nitrogens with zero attached hydrogens (tertiary/aromatic N) is 2. The van der Waals surface area contributed by atoms with Crippen LogP contribution in [0.5, 0.6) is 0 Å². The standard InChI is InChI=1S/C20H39N2/c1-4-6-8-9-10-11-12-13-14-15-16-20-21(3)18-19-22(20)17-7-5-2/h18-19H,4-17H2,1-3H3/q+1. The first-order chi connectivity index (χ1) is 10.8. The zero-order valence-corrected chi connectivity index (χ0v) is 15.4. The third-order valence-electron chi connectivity index (χ3n) is 4.72. The number of aryl methyl sites for hydroxylation is 2. The molecule has 22 heavy (non-hydrogen) atoms. The van der Waals surface area contributed by atoms with Crippen molar-refractivity contribution in [2.75, 3.05) is 0 Å². The largest absolute Gasteiger partial charge is 0.256 e. The second kappa shape index (κ2) is 12.7. The minimum absolute atomic E-state index is 1.18. The van der Waals surface area contributed by atoms with E-state index in [0.29, 0.717) is 0 Å². The van der Waals surface area contributed by atoms with Gasteiger partial charge >= 0.3 is 0 Å². The molecule has 2 nitrogen and oxygen atoms in total. The number of hydrogen-bond acceptors (Lipinski definition) is 0. The van der Waals surface area contributed by atoms with E-state index in [1.165, 1.54) is 95.8 Å². The lowest BCUT2D eigenvalue weighted by molar-refractivity contribution is -0.704. The molecular formula is C20H39N2+. The van der Waals surface area contributed by atoms with Crippen LogP contribution in [0, 0.1) is 0 Å². The molecular weight excluding hydrogens is 268 g/mol. The van der Waals surface area contributed by atoms with Gasteiger partial charge < -0.3 is 0 Å². The van der Waals surface area contributed by atoms with Gasteiger partial charge in [-0.15, -0.1) is 0 Å². The minimum atomic E-state index is 1.18. The van der Waals surface area contributed by atoms with Gasteiger partial charge in [0.15, 0.2) is 0 Å². The van der Waals surface area contributed by atoms with Crippen molar-refractivity contribution in [3.05, 3.63) is 18.2 Å². The quantitative estimate of drug-likeness (QED) is 0.313. The first kappa shape index (κ1) is 19.3. The van der Waals surface area contributed by atoms with Crippen LogP contribution in [0.4, 0.5) is 0 Å². The summed E-state index contributed by atoms with van der Waals surface area (Å²) in [7, 11) is 2.19. The molecule has 0 amide bonds. The van der Waals surface area contributed by atoms with Crippen molar-refractivity contribution < 1.29 is 4.57 Å². The number of rotatable bonds is 14. The summed E-state index contributed by atoms with van der Waals surface area (Å²) in [6.07, 6.45) is 22.5. The Labute approximate surface area is 138 Å². The molecule has 128 valence electrons. The Kier molecular flexibility index (Phi) is 11.1. The number of hydrogen-bond donors (Lipinski definition) is 0. The van der Waals surface area contributed by atoms with Crippen molar-refractivity contribution in [3.63, 3.8) is 0 Å². The van der Waals surface area contributed by atoms with E-state index in [1.807, 2.05) is 0 Å². The van der Waals surface area contributed by atoms with E-state index in [-0.39, 0.29) is 0 Å². The van der Waals surface area contributed by atoms with E-state index in [1.54, 1.807) is 0 Å². The smallest absolute Gasteiger partial charge is 0.237 e. The molecule has 1 aromatic rings. The summed E-state index contributed by atoms with van der Waals surface area (Å²) in [6, 6.07) is 0. The van der Waals surface area contributed by atoms with Crippen LogP contribution >= 0.6 is 0 Å². The van der Waals surface area contributed by atoms with Crippen LogP contribution in [-0.4, -0.2) is 4.57 Å². The molecule has 0 spiro atoms. The summed E-state index contributed by atoms with van der Waals surface area (Å²) in [5, 5.41) is 0. The van der Waals surface area contributed by atoms with Crippen LogP contribution < -0.4 is 4.57 Å². The first-order valence-electron chi connectivity index (χ1n) is 9.83. The van der Waals surface area contributed by atoms with Gasteiger partial charge in [-0.05, 0) is 12.8 Å². The molecule has 0 aromatic carbocycles. The van der Waals surface area contributed by atoms with Gasteiger partial charge in [0.1, 0.15) is 12.4 Å². The monoisotopic (exact) mass is 307 g/mol. The maximum Gasteiger partial charge on any atom is 0.256 e. The Hall–Kier alpha value is -0.790. The third-order valence-corrected chi connectivity index (χ3v) is 4.72. The average molecular weight is 308 g/mol. The molecule has 1 rings (SSSR count).